The predicted octanol–water partition coefficient (Wildman–Crippen LogP) is 2.01. The maximum atomic E-state index is 5.57. The fourth-order valence-electron chi connectivity index (χ4n) is 1.23. The fraction of sp³-hybridized carbons (Fsp3) is 0.222. The Morgan fingerprint density at radius 3 is 3.08 bits per heavy atom. The number of aromatic nitrogens is 1. The van der Waals surface area contributed by atoms with Crippen molar-refractivity contribution in [2.45, 2.75) is 11.8 Å². The Morgan fingerprint density at radius 1 is 1.54 bits per heavy atom. The van der Waals surface area contributed by atoms with Crippen LogP contribution in [0.1, 0.15) is 5.56 Å². The molecule has 0 saturated heterocycles. The van der Waals surface area contributed by atoms with Crippen molar-refractivity contribution < 1.29 is 4.42 Å². The molecule has 1 aromatic heterocycles. The third-order valence-electron chi connectivity index (χ3n) is 1.87. The molecule has 0 fully saturated rings. The highest BCUT2D eigenvalue weighted by molar-refractivity contribution is 7.98. The van der Waals surface area contributed by atoms with Gasteiger partial charge in [-0.2, -0.15) is 0 Å². The lowest BCUT2D eigenvalue weighted by atomic mass is 10.2. The Kier molecular flexibility index (Phi) is 2.24. The molecule has 2 N–H and O–H groups in total. The quantitative estimate of drug-likeness (QED) is 0.743. The van der Waals surface area contributed by atoms with Gasteiger partial charge < -0.3 is 10.2 Å². The Hall–Kier alpha value is -1.00. The van der Waals surface area contributed by atoms with Crippen LogP contribution >= 0.6 is 11.8 Å². The van der Waals surface area contributed by atoms with Gasteiger partial charge in [-0.05, 0) is 12.3 Å². The summed E-state index contributed by atoms with van der Waals surface area (Å²) in [5.41, 5.74) is 8.27. The Morgan fingerprint density at radius 2 is 2.38 bits per heavy atom. The van der Waals surface area contributed by atoms with Crippen molar-refractivity contribution in [2.75, 3.05) is 6.26 Å². The number of oxazole rings is 1. The summed E-state index contributed by atoms with van der Waals surface area (Å²) in [6.07, 6.45) is 1.94. The minimum absolute atomic E-state index is 0.486. The number of hydrogen-bond donors (Lipinski definition) is 1. The standard InChI is InChI=1S/C9H10N2OS/c1-13-9-11-7-4-2-3-6(5-10)8(7)12-9/h2-4H,5,10H2,1H3. The number of nitrogens with zero attached hydrogens (tertiary/aromatic N) is 1. The van der Waals surface area contributed by atoms with E-state index in [-0.39, 0.29) is 0 Å². The van der Waals surface area contributed by atoms with E-state index in [1.54, 1.807) is 0 Å². The first kappa shape index (κ1) is 8.59. The molecule has 1 heterocycles. The van der Waals surface area contributed by atoms with E-state index in [9.17, 15) is 0 Å². The first-order valence-electron chi connectivity index (χ1n) is 3.97. The number of thioether (sulfide) groups is 1. The van der Waals surface area contributed by atoms with Crippen LogP contribution in [-0.2, 0) is 6.54 Å². The van der Waals surface area contributed by atoms with E-state index in [1.807, 2.05) is 24.5 Å². The predicted molar refractivity (Wildman–Crippen MR) is 53.7 cm³/mol. The van der Waals surface area contributed by atoms with Gasteiger partial charge in [-0.15, -0.1) is 0 Å². The summed E-state index contributed by atoms with van der Waals surface area (Å²) in [6.45, 7) is 0.486. The summed E-state index contributed by atoms with van der Waals surface area (Å²) in [4.78, 5) is 4.28. The van der Waals surface area contributed by atoms with E-state index in [0.717, 1.165) is 16.7 Å². The van der Waals surface area contributed by atoms with E-state index in [0.29, 0.717) is 11.8 Å². The molecule has 0 radical (unpaired) electrons. The Labute approximate surface area is 80.3 Å². The van der Waals surface area contributed by atoms with E-state index in [2.05, 4.69) is 4.98 Å². The summed E-state index contributed by atoms with van der Waals surface area (Å²) in [6, 6.07) is 5.83. The van der Waals surface area contributed by atoms with Crippen molar-refractivity contribution in [3.8, 4) is 0 Å². The zero-order valence-electron chi connectivity index (χ0n) is 7.28. The molecule has 0 atom stereocenters. The van der Waals surface area contributed by atoms with Gasteiger partial charge in [0, 0.05) is 12.1 Å². The molecule has 1 aromatic carbocycles. The summed E-state index contributed by atoms with van der Waals surface area (Å²) in [5, 5.41) is 0.691. The van der Waals surface area contributed by atoms with Crippen molar-refractivity contribution in [1.29, 1.82) is 0 Å². The van der Waals surface area contributed by atoms with Crippen LogP contribution < -0.4 is 5.73 Å². The minimum Gasteiger partial charge on any atom is -0.431 e. The number of hydrogen-bond acceptors (Lipinski definition) is 4. The molecule has 3 nitrogen and oxygen atoms in total. The SMILES string of the molecule is CSc1nc2cccc(CN)c2o1. The molecule has 2 rings (SSSR count). The highest BCUT2D eigenvalue weighted by atomic mass is 32.2. The van der Waals surface area contributed by atoms with Gasteiger partial charge in [0.2, 0.25) is 0 Å². The maximum Gasteiger partial charge on any atom is 0.256 e. The van der Waals surface area contributed by atoms with Gasteiger partial charge in [0.05, 0.1) is 0 Å². The molecule has 0 spiro atoms. The van der Waals surface area contributed by atoms with Gasteiger partial charge in [0.15, 0.2) is 5.58 Å². The number of benzene rings is 1. The van der Waals surface area contributed by atoms with Crippen LogP contribution in [0.4, 0.5) is 0 Å². The molecule has 0 aliphatic rings. The molecule has 0 saturated carbocycles. The van der Waals surface area contributed by atoms with Crippen LogP contribution in [0.5, 0.6) is 0 Å². The molecular formula is C9H10N2OS. The molecule has 68 valence electrons. The monoisotopic (exact) mass is 194 g/mol. The van der Waals surface area contributed by atoms with E-state index in [4.69, 9.17) is 10.2 Å². The summed E-state index contributed by atoms with van der Waals surface area (Å²) < 4.78 is 5.51. The Balaban J connectivity index is 2.67. The first-order valence-corrected chi connectivity index (χ1v) is 5.20. The average Bonchev–Trinajstić information content (AvgIpc) is 2.59. The second kappa shape index (κ2) is 3.40. The van der Waals surface area contributed by atoms with Crippen LogP contribution in [0.2, 0.25) is 0 Å². The van der Waals surface area contributed by atoms with E-state index >= 15 is 0 Å². The molecule has 13 heavy (non-hydrogen) atoms. The maximum absolute atomic E-state index is 5.57. The smallest absolute Gasteiger partial charge is 0.256 e. The van der Waals surface area contributed by atoms with Crippen LogP contribution in [0.25, 0.3) is 11.1 Å². The highest BCUT2D eigenvalue weighted by Crippen LogP contribution is 2.23. The van der Waals surface area contributed by atoms with Crippen LogP contribution in [0.3, 0.4) is 0 Å². The van der Waals surface area contributed by atoms with Crippen LogP contribution in [0.15, 0.2) is 27.8 Å². The lowest BCUT2D eigenvalue weighted by Gasteiger charge is -1.94. The van der Waals surface area contributed by atoms with Gasteiger partial charge in [-0.25, -0.2) is 4.98 Å². The van der Waals surface area contributed by atoms with Gasteiger partial charge in [-0.1, -0.05) is 23.9 Å². The summed E-state index contributed by atoms with van der Waals surface area (Å²) in [7, 11) is 0. The van der Waals surface area contributed by atoms with Gasteiger partial charge >= 0.3 is 0 Å². The third-order valence-corrected chi connectivity index (χ3v) is 2.40. The van der Waals surface area contributed by atoms with Gasteiger partial charge in [0.25, 0.3) is 5.22 Å². The zero-order chi connectivity index (χ0) is 9.26. The number of fused-ring (bicyclic) bond motifs is 1. The normalized spacial score (nSPS) is 10.9. The first-order chi connectivity index (χ1) is 6.35. The molecule has 4 heteroatoms. The second-order valence-corrected chi connectivity index (χ2v) is 3.41. The van der Waals surface area contributed by atoms with Crippen molar-refractivity contribution >= 4 is 22.9 Å². The Bertz CT molecular complexity index is 424. The topological polar surface area (TPSA) is 52.0 Å². The summed E-state index contributed by atoms with van der Waals surface area (Å²) in [5.74, 6) is 0. The largest absolute Gasteiger partial charge is 0.431 e. The second-order valence-electron chi connectivity index (χ2n) is 2.65. The van der Waals surface area contributed by atoms with Crippen LogP contribution in [0, 0.1) is 0 Å². The van der Waals surface area contributed by atoms with Gasteiger partial charge in [-0.3, -0.25) is 0 Å². The molecule has 0 aliphatic heterocycles. The van der Waals surface area contributed by atoms with Crippen LogP contribution in [-0.4, -0.2) is 11.2 Å². The lowest BCUT2D eigenvalue weighted by Crippen LogP contribution is -1.95. The minimum atomic E-state index is 0.486. The van der Waals surface area contributed by atoms with Crippen molar-refractivity contribution in [1.82, 2.24) is 4.98 Å². The molecule has 2 aromatic rings. The number of rotatable bonds is 2. The molecular weight excluding hydrogens is 184 g/mol. The molecule has 0 bridgehead atoms. The average molecular weight is 194 g/mol. The highest BCUT2D eigenvalue weighted by Gasteiger charge is 2.07. The number of nitrogens with two attached hydrogens (primary N) is 1. The van der Waals surface area contributed by atoms with E-state index < -0.39 is 0 Å². The molecule has 0 aliphatic carbocycles. The zero-order valence-corrected chi connectivity index (χ0v) is 8.10. The fourth-order valence-corrected chi connectivity index (χ4v) is 1.59. The lowest BCUT2D eigenvalue weighted by molar-refractivity contribution is 0.487. The van der Waals surface area contributed by atoms with E-state index in [1.165, 1.54) is 11.8 Å². The third kappa shape index (κ3) is 1.43. The summed E-state index contributed by atoms with van der Waals surface area (Å²) >= 11 is 1.50. The molecule has 0 amide bonds. The number of para-hydroxylation sites is 1. The van der Waals surface area contributed by atoms with Crippen molar-refractivity contribution in [3.63, 3.8) is 0 Å². The molecule has 0 unspecified atom stereocenters. The van der Waals surface area contributed by atoms with Gasteiger partial charge in [0.1, 0.15) is 5.52 Å². The van der Waals surface area contributed by atoms with Crippen molar-refractivity contribution in [3.05, 3.63) is 23.8 Å². The van der Waals surface area contributed by atoms with Crippen molar-refractivity contribution in [2.24, 2.45) is 5.73 Å².